The molecule has 10 nitrogen and oxygen atoms in total. The maximum atomic E-state index is 13.6. The van der Waals surface area contributed by atoms with Crippen molar-refractivity contribution < 1.29 is 32.1 Å². The van der Waals surface area contributed by atoms with Crippen LogP contribution < -0.4 is 10.0 Å². The summed E-state index contributed by atoms with van der Waals surface area (Å²) in [5.41, 5.74) is 0.810. The van der Waals surface area contributed by atoms with E-state index in [9.17, 15) is 32.5 Å². The molecule has 0 unspecified atom stereocenters. The normalized spacial score (nSPS) is 12.8. The monoisotopic (exact) mass is 593 g/mol. The molecule has 0 bridgehead atoms. The molecule has 0 aliphatic carbocycles. The van der Waals surface area contributed by atoms with E-state index in [0.717, 1.165) is 5.39 Å². The molecule has 0 aromatic heterocycles. The fourth-order valence-electron chi connectivity index (χ4n) is 4.33. The van der Waals surface area contributed by atoms with Crippen molar-refractivity contribution in [2.45, 2.75) is 36.7 Å². The first-order chi connectivity index (χ1) is 20.1. The summed E-state index contributed by atoms with van der Waals surface area (Å²) in [6.45, 7) is 1.64. The lowest BCUT2D eigenvalue weighted by atomic mass is 10.0. The summed E-state index contributed by atoms with van der Waals surface area (Å²) in [5, 5.41) is 15.2. The lowest BCUT2D eigenvalue weighted by molar-refractivity contribution is -0.384. The zero-order valence-corrected chi connectivity index (χ0v) is 23.3. The average Bonchev–Trinajstić information content (AvgIpc) is 2.97. The molecule has 2 N–H and O–H groups in total. The second-order valence-electron chi connectivity index (χ2n) is 9.45. The van der Waals surface area contributed by atoms with Gasteiger partial charge in [0.2, 0.25) is 15.9 Å². The molecule has 4 aromatic carbocycles. The number of fused-ring (bicyclic) bond motifs is 1. The number of nitrogens with one attached hydrogen (secondary N) is 2. The minimum absolute atomic E-state index is 0.0352. The summed E-state index contributed by atoms with van der Waals surface area (Å²) in [6, 6.07) is 19.8. The predicted molar refractivity (Wildman–Crippen MR) is 154 cm³/mol. The molecule has 12 heteroatoms. The van der Waals surface area contributed by atoms with Crippen molar-refractivity contribution in [1.82, 2.24) is 10.0 Å². The minimum atomic E-state index is -4.24. The van der Waals surface area contributed by atoms with E-state index in [1.807, 2.05) is 12.1 Å². The van der Waals surface area contributed by atoms with Crippen molar-refractivity contribution in [1.29, 1.82) is 0 Å². The first-order valence-electron chi connectivity index (χ1n) is 13.0. The van der Waals surface area contributed by atoms with Gasteiger partial charge in [-0.05, 0) is 59.5 Å². The highest BCUT2D eigenvalue weighted by molar-refractivity contribution is 7.89. The number of hydrogen-bond acceptors (Lipinski definition) is 7. The van der Waals surface area contributed by atoms with Crippen LogP contribution in [0.15, 0.2) is 95.9 Å². The average molecular weight is 594 g/mol. The largest absolute Gasteiger partial charge is 0.464 e. The Kier molecular flexibility index (Phi) is 9.60. The highest BCUT2D eigenvalue weighted by Gasteiger charge is 2.30. The summed E-state index contributed by atoms with van der Waals surface area (Å²) in [7, 11) is -4.24. The number of halogens is 1. The molecular formula is C30H28FN3O7S. The van der Waals surface area contributed by atoms with Gasteiger partial charge in [-0.3, -0.25) is 14.9 Å². The SMILES string of the molecule is CCOC(=O)[C@H](Cc1ccc(F)cc1)NC(=O)[C@H](Cc1ccc([N+](=O)[O-])cc1)NS(=O)(=O)c1ccc2ccccc2c1. The Morgan fingerprint density at radius 3 is 2.10 bits per heavy atom. The topological polar surface area (TPSA) is 145 Å². The third kappa shape index (κ3) is 7.74. The van der Waals surface area contributed by atoms with Gasteiger partial charge < -0.3 is 10.1 Å². The Hall–Kier alpha value is -4.68. The van der Waals surface area contributed by atoms with Crippen LogP contribution in [0.3, 0.4) is 0 Å². The molecule has 0 fully saturated rings. The van der Waals surface area contributed by atoms with E-state index >= 15 is 0 Å². The molecule has 0 aliphatic heterocycles. The van der Waals surface area contributed by atoms with Crippen LogP contribution in [-0.4, -0.2) is 43.9 Å². The van der Waals surface area contributed by atoms with Crippen LogP contribution in [0.25, 0.3) is 10.8 Å². The number of nitro benzene ring substituents is 1. The fourth-order valence-corrected chi connectivity index (χ4v) is 5.56. The molecule has 0 spiro atoms. The van der Waals surface area contributed by atoms with Gasteiger partial charge in [-0.15, -0.1) is 0 Å². The zero-order valence-electron chi connectivity index (χ0n) is 22.5. The van der Waals surface area contributed by atoms with Crippen LogP contribution in [-0.2, 0) is 37.2 Å². The molecule has 0 heterocycles. The van der Waals surface area contributed by atoms with E-state index in [-0.39, 0.29) is 30.0 Å². The molecule has 4 aromatic rings. The highest BCUT2D eigenvalue weighted by Crippen LogP contribution is 2.20. The first-order valence-corrected chi connectivity index (χ1v) is 14.5. The van der Waals surface area contributed by atoms with Gasteiger partial charge >= 0.3 is 5.97 Å². The molecule has 0 radical (unpaired) electrons. The van der Waals surface area contributed by atoms with Gasteiger partial charge in [0.05, 0.1) is 16.4 Å². The van der Waals surface area contributed by atoms with Gasteiger partial charge in [0.25, 0.3) is 5.69 Å². The molecule has 0 saturated carbocycles. The van der Waals surface area contributed by atoms with Crippen molar-refractivity contribution in [3.8, 4) is 0 Å². The number of sulfonamides is 1. The highest BCUT2D eigenvalue weighted by atomic mass is 32.2. The molecule has 0 saturated heterocycles. The minimum Gasteiger partial charge on any atom is -0.464 e. The van der Waals surface area contributed by atoms with Gasteiger partial charge in [-0.1, -0.05) is 54.6 Å². The molecular weight excluding hydrogens is 565 g/mol. The molecule has 2 atom stereocenters. The summed E-state index contributed by atoms with van der Waals surface area (Å²) >= 11 is 0. The molecule has 1 amide bonds. The van der Waals surface area contributed by atoms with Crippen LogP contribution in [0.1, 0.15) is 18.1 Å². The Morgan fingerprint density at radius 1 is 0.881 bits per heavy atom. The van der Waals surface area contributed by atoms with E-state index in [1.165, 1.54) is 60.7 Å². The second kappa shape index (κ2) is 13.3. The smallest absolute Gasteiger partial charge is 0.328 e. The fraction of sp³-hybridized carbons (Fsp3) is 0.200. The lowest BCUT2D eigenvalue weighted by Crippen LogP contribution is -2.53. The Balaban J connectivity index is 1.64. The lowest BCUT2D eigenvalue weighted by Gasteiger charge is -2.23. The van der Waals surface area contributed by atoms with Crippen molar-refractivity contribution in [2.75, 3.05) is 6.61 Å². The van der Waals surface area contributed by atoms with Gasteiger partial charge in [0, 0.05) is 18.6 Å². The van der Waals surface area contributed by atoms with Crippen LogP contribution in [0.4, 0.5) is 10.1 Å². The second-order valence-corrected chi connectivity index (χ2v) is 11.2. The summed E-state index contributed by atoms with van der Waals surface area (Å²) < 4.78 is 47.9. The first kappa shape index (κ1) is 30.3. The number of non-ortho nitro benzene ring substituents is 1. The van der Waals surface area contributed by atoms with E-state index in [2.05, 4.69) is 10.0 Å². The van der Waals surface area contributed by atoms with Crippen molar-refractivity contribution in [2.24, 2.45) is 0 Å². The third-order valence-corrected chi connectivity index (χ3v) is 7.94. The number of carbonyl (C=O) groups excluding carboxylic acids is 2. The number of ether oxygens (including phenoxy) is 1. The zero-order chi connectivity index (χ0) is 30.3. The summed E-state index contributed by atoms with van der Waals surface area (Å²) in [5.74, 6) is -2.04. The number of benzene rings is 4. The predicted octanol–water partition coefficient (Wildman–Crippen LogP) is 4.07. The molecule has 42 heavy (non-hydrogen) atoms. The number of hydrogen-bond donors (Lipinski definition) is 2. The quantitative estimate of drug-likeness (QED) is 0.143. The van der Waals surface area contributed by atoms with Gasteiger partial charge in [0.15, 0.2) is 0 Å². The third-order valence-electron chi connectivity index (χ3n) is 6.47. The van der Waals surface area contributed by atoms with Crippen molar-refractivity contribution in [3.63, 3.8) is 0 Å². The van der Waals surface area contributed by atoms with E-state index in [1.54, 1.807) is 25.1 Å². The molecule has 218 valence electrons. The maximum absolute atomic E-state index is 13.6. The van der Waals surface area contributed by atoms with Crippen LogP contribution in [0, 0.1) is 15.9 Å². The summed E-state index contributed by atoms with van der Waals surface area (Å²) in [6.07, 6.45) is -0.213. The van der Waals surface area contributed by atoms with Crippen molar-refractivity contribution in [3.05, 3.63) is 118 Å². The maximum Gasteiger partial charge on any atom is 0.328 e. The number of nitrogens with zero attached hydrogens (tertiary/aromatic N) is 1. The standard InChI is InChI=1S/C30H28FN3O7S/c1-2-41-30(36)28(18-20-7-12-24(31)13-8-20)32-29(35)27(17-21-9-14-25(15-10-21)34(37)38)33-42(39,40)26-16-11-22-5-3-4-6-23(22)19-26/h3-16,19,27-28,33H,2,17-18H2,1H3,(H,32,35)/t27-,28-/m0/s1. The molecule has 4 rings (SSSR count). The Labute approximate surface area is 241 Å². The van der Waals surface area contributed by atoms with E-state index < -0.39 is 44.7 Å². The van der Waals surface area contributed by atoms with Crippen LogP contribution >= 0.6 is 0 Å². The Bertz CT molecular complexity index is 1690. The summed E-state index contributed by atoms with van der Waals surface area (Å²) in [4.78, 5) is 36.8. The Morgan fingerprint density at radius 2 is 1.48 bits per heavy atom. The van der Waals surface area contributed by atoms with E-state index in [0.29, 0.717) is 16.5 Å². The van der Waals surface area contributed by atoms with Gasteiger partial charge in [-0.2, -0.15) is 4.72 Å². The number of rotatable bonds is 12. The van der Waals surface area contributed by atoms with E-state index in [4.69, 9.17) is 4.74 Å². The van der Waals surface area contributed by atoms with Crippen molar-refractivity contribution >= 4 is 38.4 Å². The van der Waals surface area contributed by atoms with Crippen LogP contribution in [0.5, 0.6) is 0 Å². The number of carbonyl (C=O) groups is 2. The van der Waals surface area contributed by atoms with Gasteiger partial charge in [-0.25, -0.2) is 17.6 Å². The number of esters is 1. The van der Waals surface area contributed by atoms with Crippen LogP contribution in [0.2, 0.25) is 0 Å². The molecule has 0 aliphatic rings. The van der Waals surface area contributed by atoms with Gasteiger partial charge in [0.1, 0.15) is 17.9 Å². The number of amides is 1. The number of nitro groups is 1.